The Bertz CT molecular complexity index is 971. The molecule has 2 heterocycles. The van der Waals surface area contributed by atoms with Crippen molar-refractivity contribution in [2.75, 3.05) is 13.2 Å². The quantitative estimate of drug-likeness (QED) is 0.566. The molecule has 6 nitrogen and oxygen atoms in total. The Morgan fingerprint density at radius 3 is 2.82 bits per heavy atom. The molecule has 0 N–H and O–H groups in total. The Morgan fingerprint density at radius 2 is 2.07 bits per heavy atom. The predicted molar refractivity (Wildman–Crippen MR) is 108 cm³/mol. The number of rotatable bonds is 6. The van der Waals surface area contributed by atoms with Gasteiger partial charge in [-0.1, -0.05) is 45.4 Å². The fraction of sp³-hybridized carbons (Fsp3) is 0.286. The van der Waals surface area contributed by atoms with Gasteiger partial charge in [0.1, 0.15) is 5.75 Å². The van der Waals surface area contributed by atoms with Crippen LogP contribution in [0.15, 0.2) is 57.5 Å². The van der Waals surface area contributed by atoms with Crippen LogP contribution in [0.3, 0.4) is 0 Å². The van der Waals surface area contributed by atoms with Gasteiger partial charge in [0.25, 0.3) is 0 Å². The van der Waals surface area contributed by atoms with Crippen molar-refractivity contribution >= 4 is 21.8 Å². The molecule has 0 saturated carbocycles. The average molecular weight is 442 g/mol. The van der Waals surface area contributed by atoms with Crippen molar-refractivity contribution in [1.82, 2.24) is 15.0 Å². The van der Waals surface area contributed by atoms with Crippen LogP contribution in [0.1, 0.15) is 30.7 Å². The SMILES string of the molecule is CCOc1ccc(CN2CC(c3nc(-c4cccc(Br)c4)no3)CC2=O)cc1. The molecule has 144 valence electrons. The molecule has 1 saturated heterocycles. The number of carbonyl (C=O) groups is 1. The second-order valence-electron chi connectivity index (χ2n) is 6.72. The maximum Gasteiger partial charge on any atom is 0.232 e. The Kier molecular flexibility index (Phi) is 5.43. The number of ether oxygens (including phenoxy) is 1. The molecule has 28 heavy (non-hydrogen) atoms. The van der Waals surface area contributed by atoms with E-state index in [0.29, 0.717) is 37.8 Å². The van der Waals surface area contributed by atoms with Crippen LogP contribution in [-0.4, -0.2) is 34.1 Å². The number of likely N-dealkylation sites (tertiary alicyclic amines) is 1. The first-order valence-electron chi connectivity index (χ1n) is 9.21. The lowest BCUT2D eigenvalue weighted by Crippen LogP contribution is -2.24. The van der Waals surface area contributed by atoms with E-state index in [0.717, 1.165) is 21.3 Å². The van der Waals surface area contributed by atoms with Crippen molar-refractivity contribution in [2.24, 2.45) is 0 Å². The molecule has 1 amide bonds. The molecule has 0 aliphatic carbocycles. The summed E-state index contributed by atoms with van der Waals surface area (Å²) < 4.78 is 11.9. The number of carbonyl (C=O) groups excluding carboxylic acids is 1. The molecular weight excluding hydrogens is 422 g/mol. The van der Waals surface area contributed by atoms with Gasteiger partial charge in [-0.05, 0) is 36.8 Å². The van der Waals surface area contributed by atoms with E-state index in [1.165, 1.54) is 0 Å². The lowest BCUT2D eigenvalue weighted by molar-refractivity contribution is -0.128. The van der Waals surface area contributed by atoms with Crippen molar-refractivity contribution in [1.29, 1.82) is 0 Å². The monoisotopic (exact) mass is 441 g/mol. The van der Waals surface area contributed by atoms with Crippen LogP contribution in [0.4, 0.5) is 0 Å². The first-order valence-corrected chi connectivity index (χ1v) is 10.0. The third kappa shape index (κ3) is 4.09. The number of halogens is 1. The number of hydrogen-bond acceptors (Lipinski definition) is 5. The Morgan fingerprint density at radius 1 is 1.25 bits per heavy atom. The third-order valence-electron chi connectivity index (χ3n) is 4.70. The summed E-state index contributed by atoms with van der Waals surface area (Å²) in [5.41, 5.74) is 1.94. The number of nitrogens with zero attached hydrogens (tertiary/aromatic N) is 3. The normalized spacial score (nSPS) is 16.6. The molecular formula is C21H20BrN3O3. The molecule has 1 aliphatic heterocycles. The van der Waals surface area contributed by atoms with Gasteiger partial charge in [0.15, 0.2) is 0 Å². The molecule has 4 rings (SSSR count). The van der Waals surface area contributed by atoms with Crippen LogP contribution >= 0.6 is 15.9 Å². The Hall–Kier alpha value is -2.67. The maximum absolute atomic E-state index is 12.5. The Balaban J connectivity index is 1.43. The van der Waals surface area contributed by atoms with Crippen LogP contribution in [0.2, 0.25) is 0 Å². The van der Waals surface area contributed by atoms with Gasteiger partial charge >= 0.3 is 0 Å². The summed E-state index contributed by atoms with van der Waals surface area (Å²) in [6.07, 6.45) is 0.386. The molecule has 1 fully saturated rings. The maximum atomic E-state index is 12.5. The number of benzene rings is 2. The van der Waals surface area contributed by atoms with E-state index in [4.69, 9.17) is 9.26 Å². The van der Waals surface area contributed by atoms with Gasteiger partial charge in [-0.25, -0.2) is 0 Å². The lowest BCUT2D eigenvalue weighted by atomic mass is 10.1. The van der Waals surface area contributed by atoms with E-state index in [2.05, 4.69) is 26.1 Å². The van der Waals surface area contributed by atoms with Gasteiger partial charge in [-0.3, -0.25) is 4.79 Å². The summed E-state index contributed by atoms with van der Waals surface area (Å²) >= 11 is 3.45. The van der Waals surface area contributed by atoms with E-state index in [1.807, 2.05) is 60.4 Å². The molecule has 7 heteroatoms. The summed E-state index contributed by atoms with van der Waals surface area (Å²) in [4.78, 5) is 18.8. The van der Waals surface area contributed by atoms with Crippen LogP contribution in [0.25, 0.3) is 11.4 Å². The van der Waals surface area contributed by atoms with Gasteiger partial charge in [-0.2, -0.15) is 4.98 Å². The second kappa shape index (κ2) is 8.14. The van der Waals surface area contributed by atoms with E-state index >= 15 is 0 Å². The zero-order valence-electron chi connectivity index (χ0n) is 15.5. The van der Waals surface area contributed by atoms with Crippen LogP contribution in [-0.2, 0) is 11.3 Å². The highest BCUT2D eigenvalue weighted by atomic mass is 79.9. The minimum absolute atomic E-state index is 0.0800. The zero-order valence-corrected chi connectivity index (χ0v) is 17.1. The highest BCUT2D eigenvalue weighted by molar-refractivity contribution is 9.10. The highest BCUT2D eigenvalue weighted by Crippen LogP contribution is 2.30. The summed E-state index contributed by atoms with van der Waals surface area (Å²) in [5, 5.41) is 4.08. The van der Waals surface area contributed by atoms with Crippen molar-refractivity contribution in [3.8, 4) is 17.1 Å². The molecule has 0 radical (unpaired) electrons. The lowest BCUT2D eigenvalue weighted by Gasteiger charge is -2.16. The standard InChI is InChI=1S/C21H20BrN3O3/c1-2-27-18-8-6-14(7-9-18)12-25-13-16(11-19(25)26)21-23-20(24-28-21)15-4-3-5-17(22)10-15/h3-10,16H,2,11-13H2,1H3. The van der Waals surface area contributed by atoms with Crippen molar-refractivity contribution < 1.29 is 14.1 Å². The molecule has 0 bridgehead atoms. The minimum Gasteiger partial charge on any atom is -0.494 e. The van der Waals surface area contributed by atoms with E-state index in [9.17, 15) is 4.79 Å². The molecule has 2 aromatic carbocycles. The van der Waals surface area contributed by atoms with Crippen molar-refractivity contribution in [3.63, 3.8) is 0 Å². The third-order valence-corrected chi connectivity index (χ3v) is 5.19. The van der Waals surface area contributed by atoms with Crippen LogP contribution in [0.5, 0.6) is 5.75 Å². The fourth-order valence-electron chi connectivity index (χ4n) is 3.31. The molecule has 1 atom stereocenters. The average Bonchev–Trinajstić information content (AvgIpc) is 3.31. The highest BCUT2D eigenvalue weighted by Gasteiger charge is 2.34. The molecule has 3 aromatic rings. The predicted octanol–water partition coefficient (Wildman–Crippen LogP) is 4.41. The minimum atomic E-state index is -0.0800. The van der Waals surface area contributed by atoms with Crippen molar-refractivity contribution in [3.05, 3.63) is 64.5 Å². The zero-order chi connectivity index (χ0) is 19.5. The molecule has 1 aromatic heterocycles. The van der Waals surface area contributed by atoms with Crippen molar-refractivity contribution in [2.45, 2.75) is 25.8 Å². The van der Waals surface area contributed by atoms with Crippen LogP contribution < -0.4 is 4.74 Å². The van der Waals surface area contributed by atoms with E-state index in [1.54, 1.807) is 0 Å². The van der Waals surface area contributed by atoms with Crippen LogP contribution in [0, 0.1) is 0 Å². The first-order chi connectivity index (χ1) is 13.6. The largest absolute Gasteiger partial charge is 0.494 e. The fourth-order valence-corrected chi connectivity index (χ4v) is 3.71. The van der Waals surface area contributed by atoms with Gasteiger partial charge < -0.3 is 14.2 Å². The first kappa shape index (κ1) is 18.7. The summed E-state index contributed by atoms with van der Waals surface area (Å²) in [5.74, 6) is 1.90. The number of aromatic nitrogens is 2. The van der Waals surface area contributed by atoms with Gasteiger partial charge in [-0.15, -0.1) is 0 Å². The topological polar surface area (TPSA) is 68.5 Å². The van der Waals surface area contributed by atoms with Gasteiger partial charge in [0, 0.05) is 29.5 Å². The Labute approximate surface area is 171 Å². The van der Waals surface area contributed by atoms with E-state index in [-0.39, 0.29) is 11.8 Å². The summed E-state index contributed by atoms with van der Waals surface area (Å²) in [6.45, 7) is 3.73. The second-order valence-corrected chi connectivity index (χ2v) is 7.63. The smallest absolute Gasteiger partial charge is 0.232 e. The molecule has 1 aliphatic rings. The molecule has 1 unspecified atom stereocenters. The summed E-state index contributed by atoms with van der Waals surface area (Å²) in [7, 11) is 0. The van der Waals surface area contributed by atoms with Gasteiger partial charge in [0.05, 0.1) is 12.5 Å². The summed E-state index contributed by atoms with van der Waals surface area (Å²) in [6, 6.07) is 15.6. The number of hydrogen-bond donors (Lipinski definition) is 0. The molecule has 0 spiro atoms. The number of amides is 1. The van der Waals surface area contributed by atoms with E-state index < -0.39 is 0 Å². The van der Waals surface area contributed by atoms with Gasteiger partial charge in [0.2, 0.25) is 17.6 Å².